The van der Waals surface area contributed by atoms with Crippen LogP contribution >= 0.6 is 11.6 Å². The third-order valence-corrected chi connectivity index (χ3v) is 5.18. The molecule has 1 heterocycles. The number of benzene rings is 3. The molecule has 156 valence electrons. The minimum atomic E-state index is -0.566. The van der Waals surface area contributed by atoms with Crippen LogP contribution in [0.4, 0.5) is 11.4 Å². The molecule has 4 rings (SSSR count). The van der Waals surface area contributed by atoms with Crippen molar-refractivity contribution in [3.05, 3.63) is 89.4 Å². The van der Waals surface area contributed by atoms with E-state index >= 15 is 0 Å². The summed E-state index contributed by atoms with van der Waals surface area (Å²) >= 11 is 6.00. The third kappa shape index (κ3) is 4.92. The second-order valence-electron chi connectivity index (χ2n) is 7.15. The van der Waals surface area contributed by atoms with Crippen molar-refractivity contribution in [3.8, 4) is 5.75 Å². The van der Waals surface area contributed by atoms with Gasteiger partial charge < -0.3 is 15.0 Å². The van der Waals surface area contributed by atoms with Gasteiger partial charge in [0.05, 0.1) is 5.92 Å². The standard InChI is InChI=1S/C24H19ClN2O4/c25-18-7-4-8-20(14-18)27-15-17(13-22(27)28)24(30)31-21-11-9-19(10-12-21)26-23(29)16-5-2-1-3-6-16/h1-12,14,17H,13,15H2,(H,26,29). The van der Waals surface area contributed by atoms with Gasteiger partial charge in [0.15, 0.2) is 0 Å². The predicted molar refractivity (Wildman–Crippen MR) is 118 cm³/mol. The number of amides is 2. The van der Waals surface area contributed by atoms with Gasteiger partial charge in [-0.15, -0.1) is 0 Å². The fourth-order valence-electron chi connectivity index (χ4n) is 3.36. The van der Waals surface area contributed by atoms with Crippen molar-refractivity contribution >= 4 is 40.8 Å². The Labute approximate surface area is 184 Å². The molecule has 1 saturated heterocycles. The molecular formula is C24H19ClN2O4. The van der Waals surface area contributed by atoms with Gasteiger partial charge in [-0.1, -0.05) is 35.9 Å². The van der Waals surface area contributed by atoms with Gasteiger partial charge in [-0.05, 0) is 54.6 Å². The summed E-state index contributed by atoms with van der Waals surface area (Å²) in [4.78, 5) is 38.7. The van der Waals surface area contributed by atoms with Crippen LogP contribution in [0.3, 0.4) is 0 Å². The molecule has 1 aliphatic rings. The van der Waals surface area contributed by atoms with E-state index in [1.54, 1.807) is 77.7 Å². The van der Waals surface area contributed by atoms with Gasteiger partial charge in [-0.25, -0.2) is 0 Å². The maximum absolute atomic E-state index is 12.6. The topological polar surface area (TPSA) is 75.7 Å². The van der Waals surface area contributed by atoms with Crippen molar-refractivity contribution in [2.45, 2.75) is 6.42 Å². The zero-order valence-corrected chi connectivity index (χ0v) is 17.2. The number of carbonyl (C=O) groups excluding carboxylic acids is 3. The second-order valence-corrected chi connectivity index (χ2v) is 7.59. The summed E-state index contributed by atoms with van der Waals surface area (Å²) in [6, 6.07) is 22.3. The number of hydrogen-bond acceptors (Lipinski definition) is 4. The van der Waals surface area contributed by atoms with Crippen LogP contribution in [-0.2, 0) is 9.59 Å². The number of carbonyl (C=O) groups is 3. The molecule has 0 aromatic heterocycles. The summed E-state index contributed by atoms with van der Waals surface area (Å²) in [6.45, 7) is 0.239. The number of esters is 1. The lowest BCUT2D eigenvalue weighted by Gasteiger charge is -2.16. The Kier molecular flexibility index (Phi) is 6.00. The average molecular weight is 435 g/mol. The van der Waals surface area contributed by atoms with Crippen LogP contribution in [0, 0.1) is 5.92 Å². The summed E-state index contributed by atoms with van der Waals surface area (Å²) in [5, 5.41) is 3.31. The zero-order chi connectivity index (χ0) is 21.8. The molecule has 0 spiro atoms. The monoisotopic (exact) mass is 434 g/mol. The molecule has 3 aromatic carbocycles. The number of nitrogens with zero attached hydrogens (tertiary/aromatic N) is 1. The van der Waals surface area contributed by atoms with Gasteiger partial charge in [-0.2, -0.15) is 0 Å². The molecule has 0 radical (unpaired) electrons. The molecule has 7 heteroatoms. The Bertz CT molecular complexity index is 1120. The van der Waals surface area contributed by atoms with E-state index in [0.717, 1.165) is 0 Å². The molecule has 2 amide bonds. The van der Waals surface area contributed by atoms with E-state index < -0.39 is 11.9 Å². The molecule has 1 unspecified atom stereocenters. The van der Waals surface area contributed by atoms with E-state index in [1.165, 1.54) is 0 Å². The van der Waals surface area contributed by atoms with E-state index in [0.29, 0.717) is 27.7 Å². The van der Waals surface area contributed by atoms with Crippen LogP contribution in [0.15, 0.2) is 78.9 Å². The first kappa shape index (κ1) is 20.6. The smallest absolute Gasteiger partial charge is 0.316 e. The van der Waals surface area contributed by atoms with Crippen molar-refractivity contribution < 1.29 is 19.1 Å². The van der Waals surface area contributed by atoms with Gasteiger partial charge >= 0.3 is 5.97 Å². The minimum Gasteiger partial charge on any atom is -0.426 e. The summed E-state index contributed by atoms with van der Waals surface area (Å²) in [5.74, 6) is -1.07. The van der Waals surface area contributed by atoms with Crippen LogP contribution in [0.2, 0.25) is 5.02 Å². The average Bonchev–Trinajstić information content (AvgIpc) is 3.17. The van der Waals surface area contributed by atoms with Crippen molar-refractivity contribution in [2.24, 2.45) is 5.92 Å². The first-order valence-corrected chi connectivity index (χ1v) is 10.1. The van der Waals surface area contributed by atoms with Crippen molar-refractivity contribution in [2.75, 3.05) is 16.8 Å². The number of ether oxygens (including phenoxy) is 1. The van der Waals surface area contributed by atoms with Gasteiger partial charge in [0.25, 0.3) is 5.91 Å². The highest BCUT2D eigenvalue weighted by Gasteiger charge is 2.36. The fourth-order valence-corrected chi connectivity index (χ4v) is 3.54. The Morgan fingerprint density at radius 3 is 2.42 bits per heavy atom. The fraction of sp³-hybridized carbons (Fsp3) is 0.125. The predicted octanol–water partition coefficient (Wildman–Crippen LogP) is 4.55. The van der Waals surface area contributed by atoms with Crippen molar-refractivity contribution in [1.82, 2.24) is 0 Å². The van der Waals surface area contributed by atoms with Crippen molar-refractivity contribution in [1.29, 1.82) is 0 Å². The quantitative estimate of drug-likeness (QED) is 0.472. The van der Waals surface area contributed by atoms with Crippen LogP contribution in [0.25, 0.3) is 0 Å². The highest BCUT2D eigenvalue weighted by molar-refractivity contribution is 6.31. The van der Waals surface area contributed by atoms with E-state index in [9.17, 15) is 14.4 Å². The van der Waals surface area contributed by atoms with E-state index in [-0.39, 0.29) is 24.8 Å². The highest BCUT2D eigenvalue weighted by Crippen LogP contribution is 2.28. The maximum atomic E-state index is 12.6. The molecule has 6 nitrogen and oxygen atoms in total. The van der Waals surface area contributed by atoms with Gasteiger partial charge in [0, 0.05) is 34.9 Å². The Balaban J connectivity index is 1.35. The van der Waals surface area contributed by atoms with E-state index in [1.807, 2.05) is 6.07 Å². The maximum Gasteiger partial charge on any atom is 0.316 e. The number of halogens is 1. The molecule has 1 N–H and O–H groups in total. The lowest BCUT2D eigenvalue weighted by atomic mass is 10.1. The summed E-state index contributed by atoms with van der Waals surface area (Å²) in [7, 11) is 0. The Hall–Kier alpha value is -3.64. The van der Waals surface area contributed by atoms with Gasteiger partial charge in [0.1, 0.15) is 5.75 Å². The lowest BCUT2D eigenvalue weighted by Crippen LogP contribution is -2.27. The van der Waals surface area contributed by atoms with E-state index in [2.05, 4.69) is 5.32 Å². The first-order chi connectivity index (χ1) is 15.0. The third-order valence-electron chi connectivity index (χ3n) is 4.94. The Morgan fingerprint density at radius 1 is 0.968 bits per heavy atom. The number of rotatable bonds is 5. The van der Waals surface area contributed by atoms with Gasteiger partial charge in [-0.3, -0.25) is 14.4 Å². The molecule has 0 bridgehead atoms. The molecule has 0 aliphatic carbocycles. The van der Waals surface area contributed by atoms with E-state index in [4.69, 9.17) is 16.3 Å². The van der Waals surface area contributed by atoms with Crippen LogP contribution < -0.4 is 15.0 Å². The Morgan fingerprint density at radius 2 is 1.71 bits per heavy atom. The van der Waals surface area contributed by atoms with Crippen molar-refractivity contribution in [3.63, 3.8) is 0 Å². The number of nitrogens with one attached hydrogen (secondary N) is 1. The summed E-state index contributed by atoms with van der Waals surface area (Å²) in [5.41, 5.74) is 1.79. The normalized spacial score (nSPS) is 15.6. The molecule has 31 heavy (non-hydrogen) atoms. The van der Waals surface area contributed by atoms with Crippen LogP contribution in [0.1, 0.15) is 16.8 Å². The molecular weight excluding hydrogens is 416 g/mol. The first-order valence-electron chi connectivity index (χ1n) is 9.74. The van der Waals surface area contributed by atoms with Crippen LogP contribution in [0.5, 0.6) is 5.75 Å². The molecule has 1 fully saturated rings. The molecule has 0 saturated carbocycles. The lowest BCUT2D eigenvalue weighted by molar-refractivity contribution is -0.139. The largest absolute Gasteiger partial charge is 0.426 e. The summed E-state index contributed by atoms with van der Waals surface area (Å²) < 4.78 is 5.44. The van der Waals surface area contributed by atoms with Crippen LogP contribution in [-0.4, -0.2) is 24.3 Å². The summed E-state index contributed by atoms with van der Waals surface area (Å²) in [6.07, 6.45) is 0.0799. The highest BCUT2D eigenvalue weighted by atomic mass is 35.5. The SMILES string of the molecule is O=C(Nc1ccc(OC(=O)C2CC(=O)N(c3cccc(Cl)c3)C2)cc1)c1ccccc1. The number of anilines is 2. The zero-order valence-electron chi connectivity index (χ0n) is 16.5. The van der Waals surface area contributed by atoms with Gasteiger partial charge in [0.2, 0.25) is 5.91 Å². The minimum absolute atomic E-state index is 0.0799. The number of hydrogen-bond donors (Lipinski definition) is 1. The molecule has 1 atom stereocenters. The molecule has 1 aliphatic heterocycles. The molecule has 3 aromatic rings. The second kappa shape index (κ2) is 9.02.